The molecular weight excluding hydrogens is 296 g/mol. The van der Waals surface area contributed by atoms with Gasteiger partial charge in [-0.15, -0.1) is 11.3 Å². The first-order valence-electron chi connectivity index (χ1n) is 6.02. The minimum Gasteiger partial charge on any atom is -0.372 e. The van der Waals surface area contributed by atoms with Crippen LogP contribution in [0.25, 0.3) is 0 Å². The SMILES string of the molecule is Cc1sc(C(=O)NN)cc1COCc1cccc(Cl)c1. The molecule has 2 aromatic rings. The summed E-state index contributed by atoms with van der Waals surface area (Å²) in [5.74, 6) is 4.84. The minimum atomic E-state index is -0.279. The molecule has 0 spiro atoms. The molecule has 6 heteroatoms. The zero-order chi connectivity index (χ0) is 14.5. The van der Waals surface area contributed by atoms with Crippen LogP contribution in [0.3, 0.4) is 0 Å². The van der Waals surface area contributed by atoms with E-state index in [1.54, 1.807) is 6.07 Å². The first kappa shape index (κ1) is 15.0. The molecular formula is C14H15ClN2O2S. The molecule has 3 N–H and O–H groups in total. The van der Waals surface area contributed by atoms with Gasteiger partial charge in [-0.25, -0.2) is 5.84 Å². The number of amides is 1. The fraction of sp³-hybridized carbons (Fsp3) is 0.214. The first-order valence-corrected chi connectivity index (χ1v) is 7.22. The summed E-state index contributed by atoms with van der Waals surface area (Å²) in [6.45, 7) is 2.89. The summed E-state index contributed by atoms with van der Waals surface area (Å²) >= 11 is 7.31. The molecule has 2 rings (SSSR count). The van der Waals surface area contributed by atoms with Crippen molar-refractivity contribution in [1.82, 2.24) is 5.43 Å². The van der Waals surface area contributed by atoms with E-state index in [2.05, 4.69) is 5.43 Å². The second kappa shape index (κ2) is 6.85. The Hall–Kier alpha value is -1.40. The van der Waals surface area contributed by atoms with E-state index in [0.717, 1.165) is 16.0 Å². The number of hydrogen-bond acceptors (Lipinski definition) is 4. The molecule has 0 fully saturated rings. The van der Waals surface area contributed by atoms with Crippen LogP contribution in [0.4, 0.5) is 0 Å². The summed E-state index contributed by atoms with van der Waals surface area (Å²) < 4.78 is 5.65. The first-order chi connectivity index (χ1) is 9.60. The van der Waals surface area contributed by atoms with Crippen molar-refractivity contribution in [2.75, 3.05) is 0 Å². The van der Waals surface area contributed by atoms with Gasteiger partial charge in [0.25, 0.3) is 5.91 Å². The summed E-state index contributed by atoms with van der Waals surface area (Å²) in [4.78, 5) is 13.1. The molecule has 1 heterocycles. The topological polar surface area (TPSA) is 64.4 Å². The van der Waals surface area contributed by atoms with Crippen LogP contribution in [0.2, 0.25) is 5.02 Å². The van der Waals surface area contributed by atoms with Crippen molar-refractivity contribution in [2.45, 2.75) is 20.1 Å². The zero-order valence-corrected chi connectivity index (χ0v) is 12.6. The number of aryl methyl sites for hydroxylation is 1. The predicted molar refractivity (Wildman–Crippen MR) is 80.7 cm³/mol. The van der Waals surface area contributed by atoms with Crippen molar-refractivity contribution in [3.8, 4) is 0 Å². The molecule has 0 aliphatic rings. The van der Waals surface area contributed by atoms with Gasteiger partial charge in [0, 0.05) is 9.90 Å². The second-order valence-corrected chi connectivity index (χ2v) is 5.98. The Balaban J connectivity index is 1.94. The molecule has 4 nitrogen and oxygen atoms in total. The van der Waals surface area contributed by atoms with E-state index in [1.807, 2.05) is 31.2 Å². The number of rotatable bonds is 5. The average Bonchev–Trinajstić information content (AvgIpc) is 2.80. The smallest absolute Gasteiger partial charge is 0.275 e. The van der Waals surface area contributed by atoms with Crippen molar-refractivity contribution in [3.63, 3.8) is 0 Å². The largest absolute Gasteiger partial charge is 0.372 e. The summed E-state index contributed by atoms with van der Waals surface area (Å²) in [5.41, 5.74) is 4.14. The third kappa shape index (κ3) is 3.80. The highest BCUT2D eigenvalue weighted by atomic mass is 35.5. The third-order valence-electron chi connectivity index (χ3n) is 2.79. The molecule has 0 atom stereocenters. The molecule has 0 saturated heterocycles. The van der Waals surface area contributed by atoms with Crippen molar-refractivity contribution in [1.29, 1.82) is 0 Å². The molecule has 0 aliphatic carbocycles. The van der Waals surface area contributed by atoms with Gasteiger partial charge in [-0.05, 0) is 36.2 Å². The van der Waals surface area contributed by atoms with E-state index in [-0.39, 0.29) is 5.91 Å². The van der Waals surface area contributed by atoms with Gasteiger partial charge < -0.3 is 4.74 Å². The van der Waals surface area contributed by atoms with Gasteiger partial charge in [0.1, 0.15) is 0 Å². The standard InChI is InChI=1S/C14H15ClN2O2S/c1-9-11(6-13(20-9)14(18)17-16)8-19-7-10-3-2-4-12(15)5-10/h2-6H,7-8,16H2,1H3,(H,17,18). The predicted octanol–water partition coefficient (Wildman–Crippen LogP) is 3.03. The molecule has 20 heavy (non-hydrogen) atoms. The van der Waals surface area contributed by atoms with Crippen LogP contribution in [0.5, 0.6) is 0 Å². The lowest BCUT2D eigenvalue weighted by Crippen LogP contribution is -2.29. The summed E-state index contributed by atoms with van der Waals surface area (Å²) in [7, 11) is 0. The molecule has 0 aliphatic heterocycles. The molecule has 106 valence electrons. The molecule has 0 saturated carbocycles. The lowest BCUT2D eigenvalue weighted by Gasteiger charge is -2.04. The number of halogens is 1. The van der Waals surface area contributed by atoms with E-state index >= 15 is 0 Å². The maximum atomic E-state index is 11.4. The highest BCUT2D eigenvalue weighted by Crippen LogP contribution is 2.22. The van der Waals surface area contributed by atoms with Crippen molar-refractivity contribution < 1.29 is 9.53 Å². The molecule has 0 bridgehead atoms. The van der Waals surface area contributed by atoms with Crippen LogP contribution >= 0.6 is 22.9 Å². The van der Waals surface area contributed by atoms with Gasteiger partial charge >= 0.3 is 0 Å². The summed E-state index contributed by atoms with van der Waals surface area (Å²) in [5, 5.41) is 0.694. The number of nitrogens with two attached hydrogens (primary N) is 1. The van der Waals surface area contributed by atoms with Gasteiger partial charge in [0.05, 0.1) is 18.1 Å². The lowest BCUT2D eigenvalue weighted by molar-refractivity contribution is 0.0956. The lowest BCUT2D eigenvalue weighted by atomic mass is 10.2. The van der Waals surface area contributed by atoms with Crippen LogP contribution in [0.15, 0.2) is 30.3 Å². The maximum absolute atomic E-state index is 11.4. The normalized spacial score (nSPS) is 10.6. The zero-order valence-electron chi connectivity index (χ0n) is 11.0. The summed E-state index contributed by atoms with van der Waals surface area (Å²) in [6.07, 6.45) is 0. The van der Waals surface area contributed by atoms with Crippen LogP contribution in [0.1, 0.15) is 25.7 Å². The van der Waals surface area contributed by atoms with E-state index in [1.165, 1.54) is 11.3 Å². The van der Waals surface area contributed by atoms with Crippen molar-refractivity contribution in [2.24, 2.45) is 5.84 Å². The highest BCUT2D eigenvalue weighted by molar-refractivity contribution is 7.14. The number of carbonyl (C=O) groups excluding carboxylic acids is 1. The molecule has 1 aromatic heterocycles. The number of carbonyl (C=O) groups is 1. The van der Waals surface area contributed by atoms with E-state index in [9.17, 15) is 4.79 Å². The third-order valence-corrected chi connectivity index (χ3v) is 4.12. The Morgan fingerprint density at radius 2 is 2.20 bits per heavy atom. The number of benzene rings is 1. The molecule has 0 radical (unpaired) electrons. The van der Waals surface area contributed by atoms with Gasteiger partial charge in [0.2, 0.25) is 0 Å². The molecule has 0 unspecified atom stereocenters. The Morgan fingerprint density at radius 3 is 2.90 bits per heavy atom. The fourth-order valence-electron chi connectivity index (χ4n) is 1.75. The molecule has 1 aromatic carbocycles. The Kier molecular flexibility index (Phi) is 5.14. The van der Waals surface area contributed by atoms with Crippen molar-refractivity contribution in [3.05, 3.63) is 56.2 Å². The number of ether oxygens (including phenoxy) is 1. The molecule has 1 amide bonds. The number of hydrogen-bond donors (Lipinski definition) is 2. The average molecular weight is 311 g/mol. The number of thiophene rings is 1. The van der Waals surface area contributed by atoms with Crippen molar-refractivity contribution >= 4 is 28.8 Å². The van der Waals surface area contributed by atoms with Gasteiger partial charge in [-0.3, -0.25) is 10.2 Å². The Labute approximate surface area is 126 Å². The Bertz CT molecular complexity index is 613. The van der Waals surface area contributed by atoms with Crippen LogP contribution in [-0.4, -0.2) is 5.91 Å². The van der Waals surface area contributed by atoms with E-state index < -0.39 is 0 Å². The number of nitrogen functional groups attached to an aromatic ring is 1. The van der Waals surface area contributed by atoms with Gasteiger partial charge in [-0.1, -0.05) is 23.7 Å². The number of hydrazine groups is 1. The van der Waals surface area contributed by atoms with E-state index in [0.29, 0.717) is 23.1 Å². The monoisotopic (exact) mass is 310 g/mol. The van der Waals surface area contributed by atoms with E-state index in [4.69, 9.17) is 22.2 Å². The quantitative estimate of drug-likeness (QED) is 0.507. The highest BCUT2D eigenvalue weighted by Gasteiger charge is 2.11. The number of nitrogens with one attached hydrogen (secondary N) is 1. The Morgan fingerprint density at radius 1 is 1.40 bits per heavy atom. The van der Waals surface area contributed by atoms with Gasteiger partial charge in [-0.2, -0.15) is 0 Å². The second-order valence-electron chi connectivity index (χ2n) is 4.29. The fourth-order valence-corrected chi connectivity index (χ4v) is 2.90. The summed E-state index contributed by atoms with van der Waals surface area (Å²) in [6, 6.07) is 9.35. The minimum absolute atomic E-state index is 0.279. The van der Waals surface area contributed by atoms with Crippen LogP contribution < -0.4 is 11.3 Å². The maximum Gasteiger partial charge on any atom is 0.275 e. The van der Waals surface area contributed by atoms with Gasteiger partial charge in [0.15, 0.2) is 0 Å². The van der Waals surface area contributed by atoms with Crippen LogP contribution in [0, 0.1) is 6.92 Å². The van der Waals surface area contributed by atoms with Crippen LogP contribution in [-0.2, 0) is 18.0 Å².